The minimum atomic E-state index is -0.0876. The predicted molar refractivity (Wildman–Crippen MR) is 98.8 cm³/mol. The SMILES string of the molecule is O=C(NCCc1nc(-c2ccccc2)cs1)c1ccc2nccn2c1. The maximum Gasteiger partial charge on any atom is 0.252 e. The zero-order valence-corrected chi connectivity index (χ0v) is 14.2. The maximum absolute atomic E-state index is 12.3. The molecule has 1 amide bonds. The van der Waals surface area contributed by atoms with Crippen LogP contribution >= 0.6 is 11.3 Å². The molecule has 0 aliphatic carbocycles. The first-order valence-electron chi connectivity index (χ1n) is 8.00. The number of nitrogens with one attached hydrogen (secondary N) is 1. The lowest BCUT2D eigenvalue weighted by atomic mass is 10.2. The Bertz CT molecular complexity index is 1010. The van der Waals surface area contributed by atoms with Gasteiger partial charge in [0.1, 0.15) is 5.65 Å². The Morgan fingerprint density at radius 3 is 2.92 bits per heavy atom. The molecule has 0 bridgehead atoms. The smallest absolute Gasteiger partial charge is 0.252 e. The van der Waals surface area contributed by atoms with E-state index in [-0.39, 0.29) is 5.91 Å². The summed E-state index contributed by atoms with van der Waals surface area (Å²) < 4.78 is 1.84. The van der Waals surface area contributed by atoms with Crippen LogP contribution in [0, 0.1) is 0 Å². The second-order valence-corrected chi connectivity index (χ2v) is 6.55. The molecule has 0 unspecified atom stereocenters. The summed E-state index contributed by atoms with van der Waals surface area (Å²) in [5, 5.41) is 6.02. The molecule has 0 saturated heterocycles. The third kappa shape index (κ3) is 3.44. The van der Waals surface area contributed by atoms with Crippen molar-refractivity contribution in [1.29, 1.82) is 0 Å². The summed E-state index contributed by atoms with van der Waals surface area (Å²) in [6.45, 7) is 0.558. The van der Waals surface area contributed by atoms with Gasteiger partial charge < -0.3 is 9.72 Å². The number of carbonyl (C=O) groups excluding carboxylic acids is 1. The summed E-state index contributed by atoms with van der Waals surface area (Å²) in [6.07, 6.45) is 6.04. The molecule has 4 rings (SSSR count). The van der Waals surface area contributed by atoms with E-state index in [4.69, 9.17) is 0 Å². The normalized spacial score (nSPS) is 10.9. The van der Waals surface area contributed by atoms with E-state index in [1.807, 2.05) is 47.0 Å². The summed E-state index contributed by atoms with van der Waals surface area (Å²) in [6, 6.07) is 13.7. The molecule has 0 spiro atoms. The highest BCUT2D eigenvalue weighted by Crippen LogP contribution is 2.21. The Balaban J connectivity index is 1.36. The van der Waals surface area contributed by atoms with Gasteiger partial charge in [-0.3, -0.25) is 4.79 Å². The lowest BCUT2D eigenvalue weighted by Crippen LogP contribution is -2.25. The van der Waals surface area contributed by atoms with Crippen molar-refractivity contribution in [1.82, 2.24) is 19.7 Å². The fraction of sp³-hybridized carbons (Fsp3) is 0.105. The van der Waals surface area contributed by atoms with Crippen LogP contribution < -0.4 is 5.32 Å². The Morgan fingerprint density at radius 1 is 1.16 bits per heavy atom. The highest BCUT2D eigenvalue weighted by molar-refractivity contribution is 7.09. The quantitative estimate of drug-likeness (QED) is 0.601. The second kappa shape index (κ2) is 6.86. The summed E-state index contributed by atoms with van der Waals surface area (Å²) in [5.41, 5.74) is 3.54. The summed E-state index contributed by atoms with van der Waals surface area (Å²) in [5.74, 6) is -0.0876. The number of aromatic nitrogens is 3. The maximum atomic E-state index is 12.3. The number of benzene rings is 1. The van der Waals surface area contributed by atoms with Crippen LogP contribution in [0.25, 0.3) is 16.9 Å². The first-order valence-corrected chi connectivity index (χ1v) is 8.88. The lowest BCUT2D eigenvalue weighted by Gasteiger charge is -2.04. The van der Waals surface area contributed by atoms with Gasteiger partial charge in [0.15, 0.2) is 0 Å². The molecule has 1 N–H and O–H groups in total. The number of amides is 1. The number of rotatable bonds is 5. The highest BCUT2D eigenvalue weighted by atomic mass is 32.1. The van der Waals surface area contributed by atoms with Crippen LogP contribution in [0.5, 0.6) is 0 Å². The summed E-state index contributed by atoms with van der Waals surface area (Å²) in [4.78, 5) is 21.1. The number of fused-ring (bicyclic) bond motifs is 1. The standard InChI is InChI=1S/C19H16N4OS/c24-19(15-6-7-17-20-10-11-23(17)12-15)21-9-8-18-22-16(13-25-18)14-4-2-1-3-5-14/h1-7,10-13H,8-9H2,(H,21,24). The van der Waals surface area contributed by atoms with Crippen LogP contribution in [-0.4, -0.2) is 26.8 Å². The molecule has 0 fully saturated rings. The zero-order valence-electron chi connectivity index (χ0n) is 13.4. The van der Waals surface area contributed by atoms with Gasteiger partial charge in [0.25, 0.3) is 5.91 Å². The van der Waals surface area contributed by atoms with Gasteiger partial charge >= 0.3 is 0 Å². The number of hydrogen-bond acceptors (Lipinski definition) is 4. The van der Waals surface area contributed by atoms with Crippen LogP contribution in [0.4, 0.5) is 0 Å². The first kappa shape index (κ1) is 15.5. The van der Waals surface area contributed by atoms with Crippen molar-refractivity contribution in [3.63, 3.8) is 0 Å². The van der Waals surface area contributed by atoms with E-state index in [0.29, 0.717) is 12.1 Å². The van der Waals surface area contributed by atoms with Crippen LogP contribution in [0.2, 0.25) is 0 Å². The molecule has 0 saturated carbocycles. The lowest BCUT2D eigenvalue weighted by molar-refractivity contribution is 0.0953. The molecule has 124 valence electrons. The minimum absolute atomic E-state index is 0.0876. The molecule has 3 aromatic heterocycles. The Labute approximate surface area is 149 Å². The second-order valence-electron chi connectivity index (χ2n) is 5.61. The molecular weight excluding hydrogens is 332 g/mol. The number of nitrogens with zero attached hydrogens (tertiary/aromatic N) is 3. The first-order chi connectivity index (χ1) is 12.3. The number of carbonyl (C=O) groups is 1. The van der Waals surface area contributed by atoms with E-state index in [1.54, 1.807) is 29.8 Å². The molecule has 3 heterocycles. The van der Waals surface area contributed by atoms with Crippen molar-refractivity contribution in [3.05, 3.63) is 77.0 Å². The van der Waals surface area contributed by atoms with Gasteiger partial charge in [-0.05, 0) is 12.1 Å². The van der Waals surface area contributed by atoms with Crippen molar-refractivity contribution in [2.45, 2.75) is 6.42 Å². The number of imidazole rings is 1. The van der Waals surface area contributed by atoms with Crippen LogP contribution in [0.15, 0.2) is 66.4 Å². The van der Waals surface area contributed by atoms with E-state index in [1.165, 1.54) is 0 Å². The van der Waals surface area contributed by atoms with Gasteiger partial charge in [-0.15, -0.1) is 11.3 Å². The molecule has 0 radical (unpaired) electrons. The Hall–Kier alpha value is -2.99. The van der Waals surface area contributed by atoms with Gasteiger partial charge in [0.2, 0.25) is 0 Å². The number of pyridine rings is 1. The van der Waals surface area contributed by atoms with Crippen LogP contribution in [0.3, 0.4) is 0 Å². The van der Waals surface area contributed by atoms with Crippen LogP contribution in [0.1, 0.15) is 15.4 Å². The molecule has 0 aliphatic rings. The van der Waals surface area contributed by atoms with Crippen molar-refractivity contribution < 1.29 is 4.79 Å². The fourth-order valence-corrected chi connectivity index (χ4v) is 3.41. The fourth-order valence-electron chi connectivity index (χ4n) is 2.61. The predicted octanol–water partition coefficient (Wildman–Crippen LogP) is 3.43. The highest BCUT2D eigenvalue weighted by Gasteiger charge is 2.08. The zero-order chi connectivity index (χ0) is 17.1. The molecule has 6 heteroatoms. The van der Waals surface area contributed by atoms with Gasteiger partial charge in [-0.2, -0.15) is 0 Å². The molecule has 0 atom stereocenters. The van der Waals surface area contributed by atoms with E-state index >= 15 is 0 Å². The molecule has 1 aromatic carbocycles. The molecule has 25 heavy (non-hydrogen) atoms. The average molecular weight is 348 g/mol. The molecule has 0 aliphatic heterocycles. The van der Waals surface area contributed by atoms with Crippen molar-refractivity contribution in [2.75, 3.05) is 6.54 Å². The average Bonchev–Trinajstić information content (AvgIpc) is 3.31. The molecular formula is C19H16N4OS. The third-order valence-corrected chi connectivity index (χ3v) is 4.81. The summed E-state index contributed by atoms with van der Waals surface area (Å²) >= 11 is 1.62. The monoisotopic (exact) mass is 348 g/mol. The third-order valence-electron chi connectivity index (χ3n) is 3.90. The summed E-state index contributed by atoms with van der Waals surface area (Å²) in [7, 11) is 0. The minimum Gasteiger partial charge on any atom is -0.352 e. The molecule has 5 nitrogen and oxygen atoms in total. The Kier molecular flexibility index (Phi) is 4.26. The van der Waals surface area contributed by atoms with E-state index < -0.39 is 0 Å². The van der Waals surface area contributed by atoms with Crippen molar-refractivity contribution >= 4 is 22.9 Å². The van der Waals surface area contributed by atoms with Crippen molar-refractivity contribution in [2.24, 2.45) is 0 Å². The van der Waals surface area contributed by atoms with E-state index in [2.05, 4.69) is 20.7 Å². The number of hydrogen-bond donors (Lipinski definition) is 1. The topological polar surface area (TPSA) is 59.3 Å². The van der Waals surface area contributed by atoms with Crippen LogP contribution in [-0.2, 0) is 6.42 Å². The van der Waals surface area contributed by atoms with Gasteiger partial charge in [-0.25, -0.2) is 9.97 Å². The van der Waals surface area contributed by atoms with Crippen molar-refractivity contribution in [3.8, 4) is 11.3 Å². The van der Waals surface area contributed by atoms with Gasteiger partial charge in [0, 0.05) is 42.5 Å². The van der Waals surface area contributed by atoms with Gasteiger partial charge in [-0.1, -0.05) is 30.3 Å². The van der Waals surface area contributed by atoms with E-state index in [0.717, 1.165) is 28.3 Å². The Morgan fingerprint density at radius 2 is 2.04 bits per heavy atom. The molecule has 4 aromatic rings. The number of thiazole rings is 1. The van der Waals surface area contributed by atoms with E-state index in [9.17, 15) is 4.79 Å². The van der Waals surface area contributed by atoms with Gasteiger partial charge in [0.05, 0.1) is 16.3 Å². The largest absolute Gasteiger partial charge is 0.352 e.